The van der Waals surface area contributed by atoms with E-state index in [4.69, 9.17) is 9.15 Å². The maximum Gasteiger partial charge on any atom is 0.397 e. The summed E-state index contributed by atoms with van der Waals surface area (Å²) in [5.41, 5.74) is 1.24. The van der Waals surface area contributed by atoms with E-state index < -0.39 is 0 Å². The molecule has 0 unspecified atom stereocenters. The molecular formula is C27H39NO3. The molecule has 0 fully saturated rings. The molecule has 0 spiro atoms. The SMILES string of the molecule is CCCCCCC#CCCCCCCCCCCOc1nc2ccc(C)cc2c(=O)o1. The van der Waals surface area contributed by atoms with Crippen LogP contribution in [0.25, 0.3) is 10.9 Å². The average molecular weight is 426 g/mol. The van der Waals surface area contributed by atoms with Gasteiger partial charge in [-0.05, 0) is 38.3 Å². The highest BCUT2D eigenvalue weighted by Crippen LogP contribution is 2.15. The third-order valence-corrected chi connectivity index (χ3v) is 5.47. The summed E-state index contributed by atoms with van der Waals surface area (Å²) in [7, 11) is 0. The Hall–Kier alpha value is -2.28. The summed E-state index contributed by atoms with van der Waals surface area (Å²) in [6.45, 7) is 4.72. The Morgan fingerprint density at radius 3 is 2.16 bits per heavy atom. The third kappa shape index (κ3) is 10.5. The molecule has 0 atom stereocenters. The van der Waals surface area contributed by atoms with Gasteiger partial charge in [-0.25, -0.2) is 4.79 Å². The zero-order valence-corrected chi connectivity index (χ0v) is 19.5. The summed E-state index contributed by atoms with van der Waals surface area (Å²) >= 11 is 0. The summed E-state index contributed by atoms with van der Waals surface area (Å²) in [6, 6.07) is 5.55. The number of unbranched alkanes of at least 4 members (excludes halogenated alkanes) is 12. The van der Waals surface area contributed by atoms with Crippen LogP contribution in [0.1, 0.15) is 102 Å². The van der Waals surface area contributed by atoms with Crippen molar-refractivity contribution in [3.63, 3.8) is 0 Å². The lowest BCUT2D eigenvalue weighted by Gasteiger charge is -2.05. The van der Waals surface area contributed by atoms with E-state index in [-0.39, 0.29) is 11.7 Å². The molecule has 0 saturated carbocycles. The molecule has 1 aromatic heterocycles. The lowest BCUT2D eigenvalue weighted by molar-refractivity contribution is 0.211. The first-order valence-corrected chi connectivity index (χ1v) is 12.2. The van der Waals surface area contributed by atoms with Gasteiger partial charge in [0.15, 0.2) is 0 Å². The fourth-order valence-electron chi connectivity index (χ4n) is 3.58. The highest BCUT2D eigenvalue weighted by molar-refractivity contribution is 5.77. The van der Waals surface area contributed by atoms with Gasteiger partial charge >= 0.3 is 11.7 Å². The van der Waals surface area contributed by atoms with Gasteiger partial charge in [0.2, 0.25) is 0 Å². The Labute approximate surface area is 187 Å². The van der Waals surface area contributed by atoms with Crippen molar-refractivity contribution in [3.05, 3.63) is 34.2 Å². The van der Waals surface area contributed by atoms with E-state index in [1.54, 1.807) is 6.07 Å². The van der Waals surface area contributed by atoms with E-state index in [0.717, 1.165) is 31.2 Å². The monoisotopic (exact) mass is 425 g/mol. The molecule has 0 N–H and O–H groups in total. The smallest absolute Gasteiger partial charge is 0.397 e. The minimum atomic E-state index is -0.387. The molecule has 1 aromatic carbocycles. The number of ether oxygens (including phenoxy) is 1. The van der Waals surface area contributed by atoms with Crippen LogP contribution in [0.2, 0.25) is 0 Å². The van der Waals surface area contributed by atoms with Crippen molar-refractivity contribution in [1.29, 1.82) is 0 Å². The molecule has 4 heteroatoms. The quantitative estimate of drug-likeness (QED) is 0.221. The first kappa shape index (κ1) is 25.0. The van der Waals surface area contributed by atoms with Gasteiger partial charge < -0.3 is 9.15 Å². The first-order chi connectivity index (χ1) is 15.2. The lowest BCUT2D eigenvalue weighted by Crippen LogP contribution is -2.06. The van der Waals surface area contributed by atoms with Crippen molar-refractivity contribution in [2.24, 2.45) is 0 Å². The molecule has 0 radical (unpaired) electrons. The molecule has 31 heavy (non-hydrogen) atoms. The van der Waals surface area contributed by atoms with Crippen LogP contribution in [0.15, 0.2) is 27.4 Å². The van der Waals surface area contributed by atoms with Gasteiger partial charge in [-0.1, -0.05) is 76.3 Å². The van der Waals surface area contributed by atoms with Crippen LogP contribution in [-0.4, -0.2) is 11.6 Å². The van der Waals surface area contributed by atoms with Crippen LogP contribution in [0, 0.1) is 18.8 Å². The van der Waals surface area contributed by atoms with E-state index in [1.165, 1.54) is 64.2 Å². The topological polar surface area (TPSA) is 52.3 Å². The van der Waals surface area contributed by atoms with Crippen LogP contribution < -0.4 is 10.4 Å². The van der Waals surface area contributed by atoms with Crippen LogP contribution >= 0.6 is 0 Å². The average Bonchev–Trinajstić information content (AvgIpc) is 2.76. The van der Waals surface area contributed by atoms with Crippen molar-refractivity contribution in [2.75, 3.05) is 6.61 Å². The van der Waals surface area contributed by atoms with Crippen molar-refractivity contribution < 1.29 is 9.15 Å². The highest BCUT2D eigenvalue weighted by Gasteiger charge is 2.07. The number of hydrogen-bond acceptors (Lipinski definition) is 4. The number of nitrogens with zero attached hydrogens (tertiary/aromatic N) is 1. The second kappa shape index (κ2) is 15.5. The minimum Gasteiger partial charge on any atom is -0.450 e. The molecule has 2 rings (SSSR count). The number of fused-ring (bicyclic) bond motifs is 1. The third-order valence-electron chi connectivity index (χ3n) is 5.47. The maximum absolute atomic E-state index is 12.0. The highest BCUT2D eigenvalue weighted by atomic mass is 16.6. The Morgan fingerprint density at radius 1 is 0.871 bits per heavy atom. The largest absolute Gasteiger partial charge is 0.450 e. The Bertz CT molecular complexity index is 875. The zero-order valence-electron chi connectivity index (χ0n) is 19.5. The van der Waals surface area contributed by atoms with Gasteiger partial charge in [0, 0.05) is 12.8 Å². The van der Waals surface area contributed by atoms with Crippen LogP contribution in [0.5, 0.6) is 6.08 Å². The molecule has 0 aliphatic heterocycles. The molecule has 0 amide bonds. The number of aryl methyl sites for hydroxylation is 1. The minimum absolute atomic E-state index is 0.0745. The number of rotatable bonds is 15. The van der Waals surface area contributed by atoms with Crippen molar-refractivity contribution in [3.8, 4) is 17.9 Å². The maximum atomic E-state index is 12.0. The standard InChI is InChI=1S/C27H39NO3/c1-3-4-5-6-7-8-9-10-11-12-13-14-15-16-17-18-21-30-27-28-25-20-19-23(2)22-24(25)26(29)31-27/h19-20,22H,3-7,10-18,21H2,1-2H3. The number of hydrogen-bond donors (Lipinski definition) is 0. The summed E-state index contributed by atoms with van der Waals surface area (Å²) in [6.07, 6.45) is 17.1. The van der Waals surface area contributed by atoms with Gasteiger partial charge in [-0.3, -0.25) is 0 Å². The molecular weight excluding hydrogens is 386 g/mol. The molecule has 0 aliphatic carbocycles. The van der Waals surface area contributed by atoms with Gasteiger partial charge in [-0.2, -0.15) is 4.98 Å². The number of benzene rings is 1. The van der Waals surface area contributed by atoms with E-state index in [9.17, 15) is 4.79 Å². The van der Waals surface area contributed by atoms with Crippen molar-refractivity contribution in [1.82, 2.24) is 4.98 Å². The van der Waals surface area contributed by atoms with Gasteiger partial charge in [0.25, 0.3) is 0 Å². The Morgan fingerprint density at radius 2 is 1.48 bits per heavy atom. The Kier molecular flexibility index (Phi) is 12.5. The molecule has 0 bridgehead atoms. The van der Waals surface area contributed by atoms with Gasteiger partial charge in [0.05, 0.1) is 17.5 Å². The predicted octanol–water partition coefficient (Wildman–Crippen LogP) is 7.36. The lowest BCUT2D eigenvalue weighted by atomic mass is 10.1. The molecule has 170 valence electrons. The van der Waals surface area contributed by atoms with Gasteiger partial charge in [-0.15, -0.1) is 11.8 Å². The van der Waals surface area contributed by atoms with Crippen LogP contribution in [0.3, 0.4) is 0 Å². The molecule has 0 aliphatic rings. The van der Waals surface area contributed by atoms with E-state index in [0.29, 0.717) is 17.5 Å². The van der Waals surface area contributed by atoms with Crippen molar-refractivity contribution >= 4 is 10.9 Å². The number of aromatic nitrogens is 1. The van der Waals surface area contributed by atoms with Crippen molar-refractivity contribution in [2.45, 2.75) is 104 Å². The first-order valence-electron chi connectivity index (χ1n) is 12.2. The van der Waals surface area contributed by atoms with E-state index in [2.05, 4.69) is 23.7 Å². The normalized spacial score (nSPS) is 10.8. The molecule has 1 heterocycles. The molecule has 4 nitrogen and oxygen atoms in total. The summed E-state index contributed by atoms with van der Waals surface area (Å²) in [4.78, 5) is 16.3. The fraction of sp³-hybridized carbons (Fsp3) is 0.630. The van der Waals surface area contributed by atoms with Crippen LogP contribution in [0.4, 0.5) is 0 Å². The van der Waals surface area contributed by atoms with Gasteiger partial charge in [0.1, 0.15) is 0 Å². The molecule has 2 aromatic rings. The van der Waals surface area contributed by atoms with E-state index in [1.807, 2.05) is 19.1 Å². The zero-order chi connectivity index (χ0) is 22.2. The van der Waals surface area contributed by atoms with Crippen LogP contribution in [-0.2, 0) is 0 Å². The summed E-state index contributed by atoms with van der Waals surface area (Å²) in [5.74, 6) is 6.63. The fourth-order valence-corrected chi connectivity index (χ4v) is 3.58. The second-order valence-electron chi connectivity index (χ2n) is 8.38. The molecule has 0 saturated heterocycles. The van der Waals surface area contributed by atoms with E-state index >= 15 is 0 Å². The summed E-state index contributed by atoms with van der Waals surface area (Å²) < 4.78 is 10.7. The predicted molar refractivity (Wildman–Crippen MR) is 129 cm³/mol. The Balaban J connectivity index is 1.44. The second-order valence-corrected chi connectivity index (χ2v) is 8.38. The summed E-state index contributed by atoms with van der Waals surface area (Å²) in [5, 5.41) is 0.502.